The molecule has 0 aromatic carbocycles. The smallest absolute Gasteiger partial charge is 0.0454 e. The second-order valence-electron chi connectivity index (χ2n) is 2.75. The summed E-state index contributed by atoms with van der Waals surface area (Å²) in [5, 5.41) is 6.54. The molecule has 2 heteroatoms. The molecule has 0 rings (SSSR count). The molecule has 2 nitrogen and oxygen atoms in total. The topological polar surface area (TPSA) is 24.1 Å². The summed E-state index contributed by atoms with van der Waals surface area (Å²) < 4.78 is 0. The summed E-state index contributed by atoms with van der Waals surface area (Å²) >= 11 is 0. The second-order valence-corrected chi connectivity index (χ2v) is 2.75. The van der Waals surface area contributed by atoms with E-state index >= 15 is 0 Å². The Labute approximate surface area is 64.4 Å². The molecule has 0 aliphatic heterocycles. The molecular weight excluding hydrogens is 124 g/mol. The number of hydrogen-bond acceptors (Lipinski definition) is 2. The van der Waals surface area contributed by atoms with Crippen molar-refractivity contribution in [1.82, 2.24) is 10.6 Å². The van der Waals surface area contributed by atoms with E-state index in [4.69, 9.17) is 0 Å². The largest absolute Gasteiger partial charge is 0.305 e. The van der Waals surface area contributed by atoms with Crippen molar-refractivity contribution in [2.24, 2.45) is 5.92 Å². The lowest BCUT2D eigenvalue weighted by Gasteiger charge is -2.09. The van der Waals surface area contributed by atoms with Gasteiger partial charge in [0.25, 0.3) is 0 Å². The number of rotatable bonds is 6. The molecule has 0 bridgehead atoms. The van der Waals surface area contributed by atoms with Crippen LogP contribution >= 0.6 is 0 Å². The zero-order valence-electron chi connectivity index (χ0n) is 7.41. The average molecular weight is 144 g/mol. The monoisotopic (exact) mass is 144 g/mol. The van der Waals surface area contributed by atoms with E-state index in [1.54, 1.807) is 0 Å². The summed E-state index contributed by atoms with van der Waals surface area (Å²) in [5.74, 6) is 0.804. The van der Waals surface area contributed by atoms with Crippen molar-refractivity contribution in [3.8, 4) is 0 Å². The quantitative estimate of drug-likeness (QED) is 0.432. The van der Waals surface area contributed by atoms with Crippen LogP contribution in [-0.4, -0.2) is 19.8 Å². The molecule has 1 unspecified atom stereocenters. The first-order valence-corrected chi connectivity index (χ1v) is 4.22. The predicted molar refractivity (Wildman–Crippen MR) is 46.0 cm³/mol. The third kappa shape index (κ3) is 6.05. The van der Waals surface area contributed by atoms with Gasteiger partial charge in [-0.3, -0.25) is 0 Å². The first kappa shape index (κ1) is 9.92. The third-order valence-corrected chi connectivity index (χ3v) is 1.69. The van der Waals surface area contributed by atoms with Gasteiger partial charge >= 0.3 is 0 Å². The lowest BCUT2D eigenvalue weighted by molar-refractivity contribution is 0.481. The van der Waals surface area contributed by atoms with Crippen LogP contribution in [0, 0.1) is 5.92 Å². The summed E-state index contributed by atoms with van der Waals surface area (Å²) in [6, 6.07) is 0. The van der Waals surface area contributed by atoms with Crippen molar-refractivity contribution in [2.75, 3.05) is 19.8 Å². The zero-order chi connectivity index (χ0) is 7.82. The fourth-order valence-electron chi connectivity index (χ4n) is 0.676. The van der Waals surface area contributed by atoms with Crippen LogP contribution in [0.1, 0.15) is 27.2 Å². The number of hydrogen-bond donors (Lipinski definition) is 2. The molecule has 0 aromatic heterocycles. The molecule has 0 saturated carbocycles. The predicted octanol–water partition coefficient (Wildman–Crippen LogP) is 1.19. The molecule has 0 amide bonds. The van der Waals surface area contributed by atoms with Gasteiger partial charge in [0.15, 0.2) is 0 Å². The summed E-state index contributed by atoms with van der Waals surface area (Å²) in [4.78, 5) is 0. The molecular formula is C8H20N2. The van der Waals surface area contributed by atoms with Crippen LogP contribution in [0.25, 0.3) is 0 Å². The van der Waals surface area contributed by atoms with Gasteiger partial charge in [-0.25, -0.2) is 0 Å². The van der Waals surface area contributed by atoms with Gasteiger partial charge < -0.3 is 10.6 Å². The number of nitrogens with one attached hydrogen (secondary N) is 2. The fourth-order valence-corrected chi connectivity index (χ4v) is 0.676. The Morgan fingerprint density at radius 1 is 1.20 bits per heavy atom. The van der Waals surface area contributed by atoms with Crippen molar-refractivity contribution in [1.29, 1.82) is 0 Å². The molecule has 0 radical (unpaired) electrons. The van der Waals surface area contributed by atoms with Crippen molar-refractivity contribution < 1.29 is 0 Å². The van der Waals surface area contributed by atoms with E-state index in [1.165, 1.54) is 6.42 Å². The highest BCUT2D eigenvalue weighted by molar-refractivity contribution is 4.52. The molecule has 2 N–H and O–H groups in total. The summed E-state index contributed by atoms with van der Waals surface area (Å²) in [5.41, 5.74) is 0. The summed E-state index contributed by atoms with van der Waals surface area (Å²) in [7, 11) is 0. The maximum atomic E-state index is 3.33. The van der Waals surface area contributed by atoms with E-state index in [9.17, 15) is 0 Å². The van der Waals surface area contributed by atoms with E-state index in [1.807, 2.05) is 0 Å². The van der Waals surface area contributed by atoms with Gasteiger partial charge in [0.05, 0.1) is 0 Å². The molecule has 0 saturated heterocycles. The molecule has 1 atom stereocenters. The van der Waals surface area contributed by atoms with Crippen molar-refractivity contribution in [2.45, 2.75) is 27.2 Å². The Balaban J connectivity index is 2.89. The first-order chi connectivity index (χ1) is 4.81. The lowest BCUT2D eigenvalue weighted by atomic mass is 10.1. The van der Waals surface area contributed by atoms with Crippen LogP contribution in [0.4, 0.5) is 0 Å². The third-order valence-electron chi connectivity index (χ3n) is 1.69. The normalized spacial score (nSPS) is 13.5. The molecule has 10 heavy (non-hydrogen) atoms. The molecule has 0 spiro atoms. The Kier molecular flexibility index (Phi) is 6.98. The summed E-state index contributed by atoms with van der Waals surface area (Å²) in [6.45, 7) is 9.72. The second kappa shape index (κ2) is 7.03. The van der Waals surface area contributed by atoms with Gasteiger partial charge in [0, 0.05) is 6.67 Å². The SMILES string of the molecule is CCNCNCC(C)CC. The average Bonchev–Trinajstić information content (AvgIpc) is 1.98. The van der Waals surface area contributed by atoms with E-state index in [0.717, 1.165) is 25.7 Å². The highest BCUT2D eigenvalue weighted by atomic mass is 15.0. The van der Waals surface area contributed by atoms with E-state index < -0.39 is 0 Å². The Hall–Kier alpha value is -0.0800. The zero-order valence-corrected chi connectivity index (χ0v) is 7.41. The van der Waals surface area contributed by atoms with Gasteiger partial charge in [0.2, 0.25) is 0 Å². The Bertz CT molecular complexity index is 64.3. The van der Waals surface area contributed by atoms with Crippen molar-refractivity contribution >= 4 is 0 Å². The van der Waals surface area contributed by atoms with Crippen molar-refractivity contribution in [3.63, 3.8) is 0 Å². The van der Waals surface area contributed by atoms with Crippen LogP contribution in [0.5, 0.6) is 0 Å². The van der Waals surface area contributed by atoms with Gasteiger partial charge in [-0.05, 0) is 19.0 Å². The molecule has 0 aromatic rings. The minimum Gasteiger partial charge on any atom is -0.305 e. The van der Waals surface area contributed by atoms with Crippen molar-refractivity contribution in [3.05, 3.63) is 0 Å². The van der Waals surface area contributed by atoms with Gasteiger partial charge in [0.1, 0.15) is 0 Å². The van der Waals surface area contributed by atoms with Gasteiger partial charge in [-0.15, -0.1) is 0 Å². The maximum Gasteiger partial charge on any atom is 0.0454 e. The highest BCUT2D eigenvalue weighted by Crippen LogP contribution is 1.95. The van der Waals surface area contributed by atoms with Crippen LogP contribution in [0.3, 0.4) is 0 Å². The van der Waals surface area contributed by atoms with Crippen LogP contribution in [0.15, 0.2) is 0 Å². The fraction of sp³-hybridized carbons (Fsp3) is 1.00. The van der Waals surface area contributed by atoms with Crippen LogP contribution in [0.2, 0.25) is 0 Å². The standard InChI is InChI=1S/C8H20N2/c1-4-8(3)6-10-7-9-5-2/h8-10H,4-7H2,1-3H3. The first-order valence-electron chi connectivity index (χ1n) is 4.22. The van der Waals surface area contributed by atoms with Crippen LogP contribution < -0.4 is 10.6 Å². The Morgan fingerprint density at radius 2 is 1.90 bits per heavy atom. The lowest BCUT2D eigenvalue weighted by Crippen LogP contribution is -2.31. The molecule has 0 aliphatic carbocycles. The molecule has 0 heterocycles. The minimum absolute atomic E-state index is 0.804. The molecule has 0 fully saturated rings. The maximum absolute atomic E-state index is 3.33. The van der Waals surface area contributed by atoms with E-state index in [2.05, 4.69) is 31.4 Å². The van der Waals surface area contributed by atoms with Crippen LogP contribution in [-0.2, 0) is 0 Å². The molecule has 0 aliphatic rings. The minimum atomic E-state index is 0.804. The summed E-state index contributed by atoms with van der Waals surface area (Å²) in [6.07, 6.45) is 1.26. The van der Waals surface area contributed by atoms with Gasteiger partial charge in [-0.1, -0.05) is 27.2 Å². The highest BCUT2D eigenvalue weighted by Gasteiger charge is 1.94. The van der Waals surface area contributed by atoms with Gasteiger partial charge in [-0.2, -0.15) is 0 Å². The van der Waals surface area contributed by atoms with E-state index in [0.29, 0.717) is 0 Å². The molecule has 62 valence electrons. The Morgan fingerprint density at radius 3 is 2.40 bits per heavy atom. The van der Waals surface area contributed by atoms with E-state index in [-0.39, 0.29) is 0 Å².